The van der Waals surface area contributed by atoms with Crippen LogP contribution in [0.1, 0.15) is 60.5 Å². The number of pyridine rings is 1. The van der Waals surface area contributed by atoms with E-state index in [4.69, 9.17) is 9.15 Å². The summed E-state index contributed by atoms with van der Waals surface area (Å²) in [5, 5.41) is 8.11. The molecule has 2 aromatic heterocycles. The Morgan fingerprint density at radius 3 is 2.96 bits per heavy atom. The average molecular weight is 330 g/mol. The van der Waals surface area contributed by atoms with E-state index in [1.54, 1.807) is 23.4 Å². The molecule has 0 unspecified atom stereocenters. The molecular formula is C17H22N4O3. The maximum atomic E-state index is 12.8. The van der Waals surface area contributed by atoms with Gasteiger partial charge < -0.3 is 14.1 Å². The van der Waals surface area contributed by atoms with E-state index in [9.17, 15) is 4.79 Å². The Hall–Kier alpha value is -2.28. The van der Waals surface area contributed by atoms with Crippen LogP contribution in [0.3, 0.4) is 0 Å². The lowest BCUT2D eigenvalue weighted by Gasteiger charge is -2.31. The molecule has 7 heteroatoms. The molecule has 0 aromatic carbocycles. The molecule has 1 aliphatic rings. The SMILES string of the molecule is CCc1cnccc1C(=O)N1CCO[C@H](c2nnc(C(C)C)o2)C1. The molecule has 0 aliphatic carbocycles. The molecule has 0 spiro atoms. The topological polar surface area (TPSA) is 81.4 Å². The standard InChI is InChI=1S/C17H22N4O3/c1-4-12-9-18-6-5-13(12)17(22)21-7-8-23-14(10-21)16-20-19-15(24-16)11(2)3/h5-6,9,11,14H,4,7-8,10H2,1-3H3/t14-/m0/s1. The monoisotopic (exact) mass is 330 g/mol. The smallest absolute Gasteiger partial charge is 0.254 e. The molecule has 1 amide bonds. The van der Waals surface area contributed by atoms with Gasteiger partial charge in [-0.15, -0.1) is 10.2 Å². The Balaban J connectivity index is 1.76. The zero-order valence-electron chi connectivity index (χ0n) is 14.2. The van der Waals surface area contributed by atoms with Crippen LogP contribution in [0.5, 0.6) is 0 Å². The Bertz CT molecular complexity index is 713. The second-order valence-electron chi connectivity index (χ2n) is 6.13. The predicted molar refractivity (Wildman–Crippen MR) is 86.6 cm³/mol. The number of aryl methyl sites for hydroxylation is 1. The fraction of sp³-hybridized carbons (Fsp3) is 0.529. The van der Waals surface area contributed by atoms with Gasteiger partial charge in [0.05, 0.1) is 13.2 Å². The number of carbonyl (C=O) groups is 1. The summed E-state index contributed by atoms with van der Waals surface area (Å²) in [4.78, 5) is 18.7. The molecule has 0 saturated carbocycles. The lowest BCUT2D eigenvalue weighted by molar-refractivity contribution is -0.0351. The van der Waals surface area contributed by atoms with E-state index in [2.05, 4.69) is 15.2 Å². The van der Waals surface area contributed by atoms with Crippen molar-refractivity contribution >= 4 is 5.91 Å². The van der Waals surface area contributed by atoms with Gasteiger partial charge in [-0.05, 0) is 18.1 Å². The number of nitrogens with zero attached hydrogens (tertiary/aromatic N) is 4. The van der Waals surface area contributed by atoms with Gasteiger partial charge >= 0.3 is 0 Å². The van der Waals surface area contributed by atoms with Crippen molar-refractivity contribution in [1.29, 1.82) is 0 Å². The largest absolute Gasteiger partial charge is 0.422 e. The summed E-state index contributed by atoms with van der Waals surface area (Å²) < 4.78 is 11.4. The van der Waals surface area contributed by atoms with Gasteiger partial charge in [0, 0.05) is 30.4 Å². The number of hydrogen-bond acceptors (Lipinski definition) is 6. The number of carbonyl (C=O) groups excluding carboxylic acids is 1. The molecule has 0 N–H and O–H groups in total. The van der Waals surface area contributed by atoms with E-state index >= 15 is 0 Å². The third kappa shape index (κ3) is 3.31. The zero-order chi connectivity index (χ0) is 17.1. The fourth-order valence-electron chi connectivity index (χ4n) is 2.68. The van der Waals surface area contributed by atoms with E-state index in [1.807, 2.05) is 20.8 Å². The number of ether oxygens (including phenoxy) is 1. The first-order valence-electron chi connectivity index (χ1n) is 8.27. The molecule has 7 nitrogen and oxygen atoms in total. The summed E-state index contributed by atoms with van der Waals surface area (Å²) in [7, 11) is 0. The Morgan fingerprint density at radius 1 is 1.42 bits per heavy atom. The van der Waals surface area contributed by atoms with E-state index in [0.29, 0.717) is 37.0 Å². The Kier molecular flexibility index (Phi) is 4.89. The normalized spacial score (nSPS) is 18.2. The number of morpholine rings is 1. The van der Waals surface area contributed by atoms with Crippen LogP contribution in [0.4, 0.5) is 0 Å². The maximum Gasteiger partial charge on any atom is 0.254 e. The molecule has 0 bridgehead atoms. The van der Waals surface area contributed by atoms with E-state index < -0.39 is 0 Å². The molecule has 24 heavy (non-hydrogen) atoms. The Morgan fingerprint density at radius 2 is 2.25 bits per heavy atom. The molecule has 1 saturated heterocycles. The molecule has 0 radical (unpaired) electrons. The number of hydrogen-bond donors (Lipinski definition) is 0. The molecule has 3 rings (SSSR count). The van der Waals surface area contributed by atoms with Crippen LogP contribution in [0.2, 0.25) is 0 Å². The second-order valence-corrected chi connectivity index (χ2v) is 6.13. The van der Waals surface area contributed by atoms with Gasteiger partial charge in [0.1, 0.15) is 0 Å². The van der Waals surface area contributed by atoms with Crippen molar-refractivity contribution in [2.45, 2.75) is 39.2 Å². The minimum absolute atomic E-state index is 0.00820. The van der Waals surface area contributed by atoms with Crippen LogP contribution in [-0.2, 0) is 11.2 Å². The van der Waals surface area contributed by atoms with Gasteiger partial charge in [-0.1, -0.05) is 20.8 Å². The van der Waals surface area contributed by atoms with E-state index in [1.165, 1.54) is 0 Å². The molecule has 1 atom stereocenters. The minimum Gasteiger partial charge on any atom is -0.422 e. The first kappa shape index (κ1) is 16.6. The van der Waals surface area contributed by atoms with E-state index in [0.717, 1.165) is 12.0 Å². The van der Waals surface area contributed by atoms with Crippen LogP contribution in [0.25, 0.3) is 0 Å². The minimum atomic E-state index is -0.380. The highest BCUT2D eigenvalue weighted by Gasteiger charge is 2.30. The number of amides is 1. The van der Waals surface area contributed by atoms with Gasteiger partial charge in [-0.3, -0.25) is 9.78 Å². The molecule has 1 aliphatic heterocycles. The lowest BCUT2D eigenvalue weighted by Crippen LogP contribution is -2.42. The summed E-state index contributed by atoms with van der Waals surface area (Å²) in [6, 6.07) is 1.77. The van der Waals surface area contributed by atoms with Crippen molar-refractivity contribution in [2.75, 3.05) is 19.7 Å². The number of rotatable bonds is 4. The van der Waals surface area contributed by atoms with Gasteiger partial charge in [0.25, 0.3) is 5.91 Å². The molecule has 3 heterocycles. The molecule has 128 valence electrons. The molecule has 2 aromatic rings. The van der Waals surface area contributed by atoms with Gasteiger partial charge in [0.15, 0.2) is 6.10 Å². The summed E-state index contributed by atoms with van der Waals surface area (Å²) >= 11 is 0. The van der Waals surface area contributed by atoms with Crippen LogP contribution in [0, 0.1) is 0 Å². The average Bonchev–Trinajstić information content (AvgIpc) is 3.11. The van der Waals surface area contributed by atoms with Crippen LogP contribution in [0.15, 0.2) is 22.9 Å². The van der Waals surface area contributed by atoms with Crippen molar-refractivity contribution in [3.8, 4) is 0 Å². The molecular weight excluding hydrogens is 308 g/mol. The van der Waals surface area contributed by atoms with E-state index in [-0.39, 0.29) is 17.9 Å². The first-order valence-corrected chi connectivity index (χ1v) is 8.27. The van der Waals surface area contributed by atoms with Crippen molar-refractivity contribution in [3.63, 3.8) is 0 Å². The predicted octanol–water partition coefficient (Wildman–Crippen LogP) is 2.36. The summed E-state index contributed by atoms with van der Waals surface area (Å²) in [6.07, 6.45) is 3.79. The second kappa shape index (κ2) is 7.09. The zero-order valence-corrected chi connectivity index (χ0v) is 14.2. The quantitative estimate of drug-likeness (QED) is 0.856. The summed E-state index contributed by atoms with van der Waals surface area (Å²) in [5.74, 6) is 1.17. The van der Waals surface area contributed by atoms with Gasteiger partial charge in [0.2, 0.25) is 11.8 Å². The highest BCUT2D eigenvalue weighted by molar-refractivity contribution is 5.95. The van der Waals surface area contributed by atoms with Crippen molar-refractivity contribution in [1.82, 2.24) is 20.1 Å². The van der Waals surface area contributed by atoms with Crippen LogP contribution in [-0.4, -0.2) is 45.7 Å². The maximum absolute atomic E-state index is 12.8. The highest BCUT2D eigenvalue weighted by atomic mass is 16.5. The summed E-state index contributed by atoms with van der Waals surface area (Å²) in [5.41, 5.74) is 1.65. The van der Waals surface area contributed by atoms with Crippen LogP contribution >= 0.6 is 0 Å². The third-order valence-electron chi connectivity index (χ3n) is 4.09. The molecule has 1 fully saturated rings. The van der Waals surface area contributed by atoms with Crippen molar-refractivity contribution in [2.24, 2.45) is 0 Å². The van der Waals surface area contributed by atoms with Crippen molar-refractivity contribution in [3.05, 3.63) is 41.4 Å². The van der Waals surface area contributed by atoms with Gasteiger partial charge in [-0.25, -0.2) is 0 Å². The van der Waals surface area contributed by atoms with Gasteiger partial charge in [-0.2, -0.15) is 0 Å². The highest BCUT2D eigenvalue weighted by Crippen LogP contribution is 2.24. The Labute approximate surface area is 141 Å². The fourth-order valence-corrected chi connectivity index (χ4v) is 2.68. The summed E-state index contributed by atoms with van der Waals surface area (Å²) in [6.45, 7) is 7.40. The third-order valence-corrected chi connectivity index (χ3v) is 4.09. The first-order chi connectivity index (χ1) is 11.6. The van der Waals surface area contributed by atoms with Crippen molar-refractivity contribution < 1.29 is 13.9 Å². The van der Waals surface area contributed by atoms with Crippen LogP contribution < -0.4 is 0 Å². The number of aromatic nitrogens is 3. The lowest BCUT2D eigenvalue weighted by atomic mass is 10.1.